The Bertz CT molecular complexity index is 554. The van der Waals surface area contributed by atoms with Crippen LogP contribution in [0.3, 0.4) is 0 Å². The molecule has 0 saturated heterocycles. The molecule has 0 amide bonds. The first-order valence-corrected chi connectivity index (χ1v) is 5.41. The second-order valence-electron chi connectivity index (χ2n) is 3.75. The Morgan fingerprint density at radius 2 is 2.06 bits per heavy atom. The predicted molar refractivity (Wildman–Crippen MR) is 66.9 cm³/mol. The van der Waals surface area contributed by atoms with Crippen molar-refractivity contribution in [1.82, 2.24) is 15.3 Å². The van der Waals surface area contributed by atoms with Crippen LogP contribution in [0.25, 0.3) is 11.4 Å². The minimum atomic E-state index is -0.432. The van der Waals surface area contributed by atoms with Crippen LogP contribution in [0.5, 0.6) is 0 Å². The monoisotopic (exact) mass is 244 g/mol. The molecule has 0 bridgehead atoms. The second kappa shape index (κ2) is 5.33. The summed E-state index contributed by atoms with van der Waals surface area (Å²) in [6, 6.07) is 6.28. The molecule has 6 nitrogen and oxygen atoms in total. The number of nitrogens with one attached hydrogen (secondary N) is 1. The Morgan fingerprint density at radius 3 is 2.67 bits per heavy atom. The van der Waals surface area contributed by atoms with E-state index in [0.717, 1.165) is 5.56 Å². The number of nitro groups is 1. The Morgan fingerprint density at radius 1 is 1.33 bits per heavy atom. The van der Waals surface area contributed by atoms with Crippen LogP contribution in [0.15, 0.2) is 36.7 Å². The van der Waals surface area contributed by atoms with Gasteiger partial charge in [0.2, 0.25) is 0 Å². The molecule has 0 saturated carbocycles. The van der Waals surface area contributed by atoms with E-state index < -0.39 is 4.92 Å². The average molecular weight is 244 g/mol. The molecule has 0 aliphatic rings. The van der Waals surface area contributed by atoms with Gasteiger partial charge in [0, 0.05) is 42.2 Å². The number of non-ortho nitro benzene ring substituents is 1. The molecule has 0 spiro atoms. The molecule has 92 valence electrons. The molecule has 0 unspecified atom stereocenters. The van der Waals surface area contributed by atoms with Gasteiger partial charge in [0.1, 0.15) is 0 Å². The fraction of sp³-hybridized carbons (Fsp3) is 0.167. The van der Waals surface area contributed by atoms with Crippen LogP contribution in [0.4, 0.5) is 5.69 Å². The van der Waals surface area contributed by atoms with E-state index in [1.165, 1.54) is 12.1 Å². The summed E-state index contributed by atoms with van der Waals surface area (Å²) in [4.78, 5) is 18.6. The van der Waals surface area contributed by atoms with E-state index in [-0.39, 0.29) is 5.69 Å². The first-order chi connectivity index (χ1) is 8.70. The maximum Gasteiger partial charge on any atom is 0.270 e. The highest BCUT2D eigenvalue weighted by atomic mass is 16.6. The molecule has 0 aliphatic carbocycles. The van der Waals surface area contributed by atoms with Gasteiger partial charge in [-0.2, -0.15) is 0 Å². The van der Waals surface area contributed by atoms with Crippen LogP contribution in [0.1, 0.15) is 5.56 Å². The molecule has 0 fully saturated rings. The second-order valence-corrected chi connectivity index (χ2v) is 3.75. The van der Waals surface area contributed by atoms with Crippen LogP contribution >= 0.6 is 0 Å². The Kier molecular flexibility index (Phi) is 3.59. The predicted octanol–water partition coefficient (Wildman–Crippen LogP) is 1.77. The number of nitrogens with zero attached hydrogens (tertiary/aromatic N) is 3. The lowest BCUT2D eigenvalue weighted by Crippen LogP contribution is -2.06. The summed E-state index contributed by atoms with van der Waals surface area (Å²) < 4.78 is 0. The Hall–Kier alpha value is -2.34. The van der Waals surface area contributed by atoms with Crippen LogP contribution in [0, 0.1) is 10.1 Å². The van der Waals surface area contributed by atoms with Gasteiger partial charge in [-0.25, -0.2) is 9.97 Å². The highest BCUT2D eigenvalue weighted by Gasteiger charge is 2.08. The van der Waals surface area contributed by atoms with Crippen molar-refractivity contribution in [1.29, 1.82) is 0 Å². The third-order valence-corrected chi connectivity index (χ3v) is 2.40. The summed E-state index contributed by atoms with van der Waals surface area (Å²) in [6.07, 6.45) is 3.41. The van der Waals surface area contributed by atoms with E-state index >= 15 is 0 Å². The molecule has 1 aromatic heterocycles. The standard InChI is InChI=1S/C12H12N4O2/c1-13-6-9-7-14-12(15-8-9)10-3-2-4-11(5-10)16(17)18/h2-5,7-8,13H,6H2,1H3. The van der Waals surface area contributed by atoms with Crippen molar-refractivity contribution < 1.29 is 4.92 Å². The van der Waals surface area contributed by atoms with Crippen molar-refractivity contribution in [2.45, 2.75) is 6.54 Å². The maximum absolute atomic E-state index is 10.7. The summed E-state index contributed by atoms with van der Waals surface area (Å²) in [7, 11) is 1.84. The molecule has 0 aliphatic heterocycles. The maximum atomic E-state index is 10.7. The average Bonchev–Trinajstić information content (AvgIpc) is 2.40. The van der Waals surface area contributed by atoms with E-state index in [1.807, 2.05) is 7.05 Å². The molecule has 18 heavy (non-hydrogen) atoms. The van der Waals surface area contributed by atoms with Crippen LogP contribution in [-0.2, 0) is 6.54 Å². The highest BCUT2D eigenvalue weighted by molar-refractivity contribution is 5.58. The summed E-state index contributed by atoms with van der Waals surface area (Å²) >= 11 is 0. The first kappa shape index (κ1) is 12.1. The fourth-order valence-corrected chi connectivity index (χ4v) is 1.56. The third kappa shape index (κ3) is 2.67. The van der Waals surface area contributed by atoms with Gasteiger partial charge >= 0.3 is 0 Å². The van der Waals surface area contributed by atoms with Gasteiger partial charge < -0.3 is 5.32 Å². The zero-order valence-electron chi connectivity index (χ0n) is 9.83. The van der Waals surface area contributed by atoms with Gasteiger partial charge in [-0.05, 0) is 7.05 Å². The lowest BCUT2D eigenvalue weighted by Gasteiger charge is -2.02. The summed E-state index contributed by atoms with van der Waals surface area (Å²) in [5, 5.41) is 13.7. The normalized spacial score (nSPS) is 10.3. The smallest absolute Gasteiger partial charge is 0.270 e. The zero-order chi connectivity index (χ0) is 13.0. The minimum absolute atomic E-state index is 0.0374. The highest BCUT2D eigenvalue weighted by Crippen LogP contribution is 2.20. The number of rotatable bonds is 4. The summed E-state index contributed by atoms with van der Waals surface area (Å²) in [5.74, 6) is 0.485. The van der Waals surface area contributed by atoms with E-state index in [2.05, 4.69) is 15.3 Å². The molecule has 6 heteroatoms. The lowest BCUT2D eigenvalue weighted by molar-refractivity contribution is -0.384. The molecule has 2 aromatic rings. The van der Waals surface area contributed by atoms with E-state index in [9.17, 15) is 10.1 Å². The van der Waals surface area contributed by atoms with Crippen molar-refractivity contribution in [3.8, 4) is 11.4 Å². The van der Waals surface area contributed by atoms with Gasteiger partial charge in [-0.3, -0.25) is 10.1 Å². The lowest BCUT2D eigenvalue weighted by atomic mass is 10.2. The molecule has 1 N–H and O–H groups in total. The van der Waals surface area contributed by atoms with Crippen molar-refractivity contribution in [3.63, 3.8) is 0 Å². The molecular formula is C12H12N4O2. The van der Waals surface area contributed by atoms with Gasteiger partial charge in [0.25, 0.3) is 5.69 Å². The summed E-state index contributed by atoms with van der Waals surface area (Å²) in [5.41, 5.74) is 1.64. The number of nitro benzene ring substituents is 1. The molecular weight excluding hydrogens is 232 g/mol. The van der Waals surface area contributed by atoms with Gasteiger partial charge in [-0.15, -0.1) is 0 Å². The van der Waals surface area contributed by atoms with Crippen LogP contribution in [-0.4, -0.2) is 21.9 Å². The zero-order valence-corrected chi connectivity index (χ0v) is 9.83. The van der Waals surface area contributed by atoms with Crippen molar-refractivity contribution >= 4 is 5.69 Å². The number of hydrogen-bond donors (Lipinski definition) is 1. The number of hydrogen-bond acceptors (Lipinski definition) is 5. The Balaban J connectivity index is 2.30. The van der Waals surface area contributed by atoms with E-state index in [1.54, 1.807) is 24.5 Å². The van der Waals surface area contributed by atoms with Crippen molar-refractivity contribution in [2.24, 2.45) is 0 Å². The quantitative estimate of drug-likeness (QED) is 0.654. The summed E-state index contributed by atoms with van der Waals surface area (Å²) in [6.45, 7) is 0.690. The van der Waals surface area contributed by atoms with Gasteiger partial charge in [0.05, 0.1) is 4.92 Å². The number of benzene rings is 1. The minimum Gasteiger partial charge on any atom is -0.316 e. The van der Waals surface area contributed by atoms with E-state index in [0.29, 0.717) is 17.9 Å². The largest absolute Gasteiger partial charge is 0.316 e. The topological polar surface area (TPSA) is 81.0 Å². The number of aromatic nitrogens is 2. The Labute approximate surface area is 104 Å². The molecule has 0 radical (unpaired) electrons. The fourth-order valence-electron chi connectivity index (χ4n) is 1.56. The molecule has 1 heterocycles. The third-order valence-electron chi connectivity index (χ3n) is 2.40. The van der Waals surface area contributed by atoms with Gasteiger partial charge in [0.15, 0.2) is 5.82 Å². The molecule has 1 aromatic carbocycles. The van der Waals surface area contributed by atoms with Crippen LogP contribution < -0.4 is 5.32 Å². The van der Waals surface area contributed by atoms with Crippen LogP contribution in [0.2, 0.25) is 0 Å². The molecule has 2 rings (SSSR count). The first-order valence-electron chi connectivity index (χ1n) is 5.41. The van der Waals surface area contributed by atoms with Crippen molar-refractivity contribution in [3.05, 3.63) is 52.3 Å². The van der Waals surface area contributed by atoms with Crippen molar-refractivity contribution in [2.75, 3.05) is 7.05 Å². The SMILES string of the molecule is CNCc1cnc(-c2cccc([N+](=O)[O-])c2)nc1. The molecule has 0 atom stereocenters. The van der Waals surface area contributed by atoms with E-state index in [4.69, 9.17) is 0 Å². The van der Waals surface area contributed by atoms with Gasteiger partial charge in [-0.1, -0.05) is 12.1 Å².